The molecule has 2 aliphatic heterocycles. The standard InChI is InChI=1S/C30H31F2NO4/c1-18(33-14-4-7-26(33)30(31)32)17-36-24-11-8-20(9-12-24)29-28(21-5-3-6-22(34)15-21)19(2)25-16-23(35)10-13-27(25)37-29/h3,5-6,8-13,15-16,18,26,29-30,34-35H,4,7,14,17H2,1-2H3/t18-,26-,29?/m0/s1. The lowest BCUT2D eigenvalue weighted by Gasteiger charge is -2.31. The summed E-state index contributed by atoms with van der Waals surface area (Å²) < 4.78 is 39.0. The number of rotatable bonds is 7. The Kier molecular flexibility index (Phi) is 7.07. The van der Waals surface area contributed by atoms with Crippen LogP contribution in [0.15, 0.2) is 66.7 Å². The van der Waals surface area contributed by atoms with Gasteiger partial charge in [-0.05, 0) is 92.4 Å². The number of hydrogen-bond acceptors (Lipinski definition) is 5. The molecule has 1 saturated heterocycles. The van der Waals surface area contributed by atoms with Crippen LogP contribution in [0.25, 0.3) is 11.1 Å². The van der Waals surface area contributed by atoms with Gasteiger partial charge in [0.25, 0.3) is 6.43 Å². The lowest BCUT2D eigenvalue weighted by atomic mass is 9.86. The van der Waals surface area contributed by atoms with Crippen molar-refractivity contribution < 1.29 is 28.5 Å². The molecule has 5 nitrogen and oxygen atoms in total. The van der Waals surface area contributed by atoms with E-state index < -0.39 is 18.6 Å². The molecule has 1 unspecified atom stereocenters. The van der Waals surface area contributed by atoms with E-state index in [0.29, 0.717) is 31.1 Å². The zero-order chi connectivity index (χ0) is 26.1. The van der Waals surface area contributed by atoms with Crippen molar-refractivity contribution in [3.05, 3.63) is 83.4 Å². The van der Waals surface area contributed by atoms with Gasteiger partial charge < -0.3 is 19.7 Å². The zero-order valence-electron chi connectivity index (χ0n) is 20.9. The summed E-state index contributed by atoms with van der Waals surface area (Å²) in [5.41, 5.74) is 4.36. The van der Waals surface area contributed by atoms with Crippen LogP contribution in [0.4, 0.5) is 8.78 Å². The van der Waals surface area contributed by atoms with Gasteiger partial charge in [-0.15, -0.1) is 0 Å². The minimum atomic E-state index is -2.34. The second-order valence-electron chi connectivity index (χ2n) is 9.78. The normalized spacial score (nSPS) is 20.6. The second-order valence-corrected chi connectivity index (χ2v) is 9.78. The van der Waals surface area contributed by atoms with Crippen molar-refractivity contribution in [3.8, 4) is 23.0 Å². The number of phenolic OH excluding ortho intramolecular Hbond substituents is 2. The highest BCUT2D eigenvalue weighted by atomic mass is 19.3. The Morgan fingerprint density at radius 1 is 1.03 bits per heavy atom. The first-order valence-corrected chi connectivity index (χ1v) is 12.6. The zero-order valence-corrected chi connectivity index (χ0v) is 20.9. The van der Waals surface area contributed by atoms with Crippen molar-refractivity contribution >= 4 is 11.1 Å². The van der Waals surface area contributed by atoms with Gasteiger partial charge >= 0.3 is 0 Å². The molecule has 0 aromatic heterocycles. The number of ether oxygens (including phenoxy) is 2. The average Bonchev–Trinajstić information content (AvgIpc) is 3.39. The largest absolute Gasteiger partial charge is 0.508 e. The Morgan fingerprint density at radius 3 is 2.51 bits per heavy atom. The summed E-state index contributed by atoms with van der Waals surface area (Å²) in [5, 5.41) is 20.2. The predicted molar refractivity (Wildman–Crippen MR) is 139 cm³/mol. The van der Waals surface area contributed by atoms with Crippen LogP contribution >= 0.6 is 0 Å². The molecule has 5 rings (SSSR count). The van der Waals surface area contributed by atoms with Crippen LogP contribution in [0.2, 0.25) is 0 Å². The monoisotopic (exact) mass is 507 g/mol. The Balaban J connectivity index is 1.38. The number of allylic oxidation sites excluding steroid dienone is 1. The molecule has 2 heterocycles. The molecular formula is C30H31F2NO4. The average molecular weight is 508 g/mol. The van der Waals surface area contributed by atoms with E-state index in [4.69, 9.17) is 9.47 Å². The van der Waals surface area contributed by atoms with Gasteiger partial charge in [0.15, 0.2) is 0 Å². The molecule has 0 aliphatic carbocycles. The fourth-order valence-corrected chi connectivity index (χ4v) is 5.40. The van der Waals surface area contributed by atoms with Crippen LogP contribution < -0.4 is 9.47 Å². The van der Waals surface area contributed by atoms with Gasteiger partial charge in [-0.1, -0.05) is 24.3 Å². The van der Waals surface area contributed by atoms with Crippen molar-refractivity contribution in [1.29, 1.82) is 0 Å². The van der Waals surface area contributed by atoms with Crippen molar-refractivity contribution in [2.75, 3.05) is 13.2 Å². The van der Waals surface area contributed by atoms with Crippen LogP contribution in [0.5, 0.6) is 23.0 Å². The van der Waals surface area contributed by atoms with E-state index in [1.54, 1.807) is 36.4 Å². The maximum Gasteiger partial charge on any atom is 0.253 e. The molecule has 194 valence electrons. The molecule has 3 atom stereocenters. The number of aromatic hydroxyl groups is 2. The summed E-state index contributed by atoms with van der Waals surface area (Å²) in [6.07, 6.45) is -1.48. The number of hydrogen-bond donors (Lipinski definition) is 2. The van der Waals surface area contributed by atoms with E-state index in [2.05, 4.69) is 0 Å². The maximum absolute atomic E-state index is 13.3. The molecule has 2 N–H and O–H groups in total. The van der Waals surface area contributed by atoms with E-state index in [1.165, 1.54) is 0 Å². The molecule has 0 radical (unpaired) electrons. The highest BCUT2D eigenvalue weighted by Gasteiger charge is 2.35. The van der Waals surface area contributed by atoms with Crippen LogP contribution in [0.1, 0.15) is 49.5 Å². The lowest BCUT2D eigenvalue weighted by molar-refractivity contribution is 0.0204. The topological polar surface area (TPSA) is 62.2 Å². The number of phenols is 2. The minimum absolute atomic E-state index is 0.112. The molecule has 7 heteroatoms. The van der Waals surface area contributed by atoms with E-state index in [-0.39, 0.29) is 17.5 Å². The number of alkyl halides is 2. The second kappa shape index (κ2) is 10.4. The van der Waals surface area contributed by atoms with E-state index in [0.717, 1.165) is 34.3 Å². The summed E-state index contributed by atoms with van der Waals surface area (Å²) in [6.45, 7) is 4.90. The summed E-state index contributed by atoms with van der Waals surface area (Å²) in [4.78, 5) is 1.85. The van der Waals surface area contributed by atoms with Gasteiger partial charge in [-0.2, -0.15) is 0 Å². The third kappa shape index (κ3) is 5.14. The summed E-state index contributed by atoms with van der Waals surface area (Å²) in [7, 11) is 0. The molecule has 0 amide bonds. The van der Waals surface area contributed by atoms with Gasteiger partial charge in [-0.3, -0.25) is 4.90 Å². The predicted octanol–water partition coefficient (Wildman–Crippen LogP) is 6.66. The smallest absolute Gasteiger partial charge is 0.253 e. The summed E-state index contributed by atoms with van der Waals surface area (Å²) >= 11 is 0. The summed E-state index contributed by atoms with van der Waals surface area (Å²) in [5.74, 6) is 1.63. The Labute approximate surface area is 215 Å². The van der Waals surface area contributed by atoms with Crippen LogP contribution in [-0.4, -0.2) is 46.8 Å². The highest BCUT2D eigenvalue weighted by Crippen LogP contribution is 2.47. The Bertz CT molecular complexity index is 1290. The molecule has 2 aliphatic rings. The summed E-state index contributed by atoms with van der Waals surface area (Å²) in [6, 6.07) is 18.9. The molecular weight excluding hydrogens is 476 g/mol. The van der Waals surface area contributed by atoms with E-state index in [9.17, 15) is 19.0 Å². The molecule has 0 saturated carbocycles. The van der Waals surface area contributed by atoms with Gasteiger partial charge in [0, 0.05) is 17.2 Å². The number of halogens is 2. The van der Waals surface area contributed by atoms with Gasteiger partial charge in [-0.25, -0.2) is 8.78 Å². The highest BCUT2D eigenvalue weighted by molar-refractivity contribution is 5.95. The maximum atomic E-state index is 13.3. The fraction of sp³-hybridized carbons (Fsp3) is 0.333. The first-order valence-electron chi connectivity index (χ1n) is 12.6. The van der Waals surface area contributed by atoms with E-state index in [1.807, 2.05) is 49.1 Å². The van der Waals surface area contributed by atoms with E-state index >= 15 is 0 Å². The molecule has 0 spiro atoms. The number of nitrogens with zero attached hydrogens (tertiary/aromatic N) is 1. The van der Waals surface area contributed by atoms with Crippen LogP contribution in [0, 0.1) is 0 Å². The Morgan fingerprint density at radius 2 is 1.78 bits per heavy atom. The molecule has 3 aromatic carbocycles. The first kappa shape index (κ1) is 25.1. The first-order chi connectivity index (χ1) is 17.8. The van der Waals surface area contributed by atoms with Crippen molar-refractivity contribution in [2.24, 2.45) is 0 Å². The number of likely N-dealkylation sites (tertiary alicyclic amines) is 1. The van der Waals surface area contributed by atoms with Crippen LogP contribution in [0.3, 0.4) is 0 Å². The van der Waals surface area contributed by atoms with Crippen molar-refractivity contribution in [3.63, 3.8) is 0 Å². The van der Waals surface area contributed by atoms with Gasteiger partial charge in [0.1, 0.15) is 35.7 Å². The molecule has 0 bridgehead atoms. The molecule has 3 aromatic rings. The quantitative estimate of drug-likeness (QED) is 0.375. The third-order valence-electron chi connectivity index (χ3n) is 7.31. The number of fused-ring (bicyclic) bond motifs is 1. The fourth-order valence-electron chi connectivity index (χ4n) is 5.40. The van der Waals surface area contributed by atoms with Crippen molar-refractivity contribution in [2.45, 2.75) is 51.3 Å². The third-order valence-corrected chi connectivity index (χ3v) is 7.31. The number of benzene rings is 3. The molecule has 1 fully saturated rings. The van der Waals surface area contributed by atoms with Gasteiger partial charge in [0.05, 0.1) is 6.04 Å². The molecule has 37 heavy (non-hydrogen) atoms. The van der Waals surface area contributed by atoms with Crippen LogP contribution in [-0.2, 0) is 0 Å². The SMILES string of the molecule is CC1=C(c2cccc(O)c2)C(c2ccc(OC[C@H](C)N3CCC[C@H]3C(F)F)cc2)Oc2ccc(O)cc21. The minimum Gasteiger partial charge on any atom is -0.508 e. The Hall–Kier alpha value is -3.58. The van der Waals surface area contributed by atoms with Crippen molar-refractivity contribution in [1.82, 2.24) is 4.90 Å². The van der Waals surface area contributed by atoms with Gasteiger partial charge in [0.2, 0.25) is 0 Å². The lowest BCUT2D eigenvalue weighted by Crippen LogP contribution is -2.43.